The fourth-order valence-corrected chi connectivity index (χ4v) is 3.53. The monoisotopic (exact) mass is 313 g/mol. The van der Waals surface area contributed by atoms with Crippen molar-refractivity contribution in [3.8, 4) is 0 Å². The van der Waals surface area contributed by atoms with Crippen molar-refractivity contribution in [3.63, 3.8) is 0 Å². The highest BCUT2D eigenvalue weighted by Crippen LogP contribution is 2.29. The molecule has 2 heterocycles. The fraction of sp³-hybridized carbons (Fsp3) is 0.500. The van der Waals surface area contributed by atoms with E-state index in [1.165, 1.54) is 6.07 Å². The molecule has 0 saturated carbocycles. The number of aromatic amines is 1. The van der Waals surface area contributed by atoms with Crippen molar-refractivity contribution in [1.29, 1.82) is 0 Å². The van der Waals surface area contributed by atoms with Crippen LogP contribution in [0.15, 0.2) is 12.1 Å². The van der Waals surface area contributed by atoms with Crippen LogP contribution in [0.3, 0.4) is 0 Å². The molecule has 1 aliphatic rings. The molecule has 3 rings (SSSR count). The standard InChI is InChI=1S/C14H17ClFN3S/c1-2-18-5-3-4-9(8-18)19-13-7-11(16)10(15)6-12(13)17-14(19)20/h6-7,9H,2-5,8H2,1H3,(H,17,20). The van der Waals surface area contributed by atoms with Gasteiger partial charge in [0.2, 0.25) is 0 Å². The van der Waals surface area contributed by atoms with Gasteiger partial charge in [-0.2, -0.15) is 0 Å². The van der Waals surface area contributed by atoms with E-state index in [4.69, 9.17) is 23.8 Å². The number of H-pyrrole nitrogens is 1. The largest absolute Gasteiger partial charge is 0.331 e. The summed E-state index contributed by atoms with van der Waals surface area (Å²) in [6.45, 7) is 5.29. The van der Waals surface area contributed by atoms with Crippen molar-refractivity contribution in [3.05, 3.63) is 27.7 Å². The minimum atomic E-state index is -0.398. The Balaban J connectivity index is 2.08. The van der Waals surface area contributed by atoms with Gasteiger partial charge in [0.25, 0.3) is 0 Å². The smallest absolute Gasteiger partial charge is 0.178 e. The van der Waals surface area contributed by atoms with E-state index in [0.29, 0.717) is 10.8 Å². The predicted molar refractivity (Wildman–Crippen MR) is 82.5 cm³/mol. The van der Waals surface area contributed by atoms with E-state index >= 15 is 0 Å². The Labute approximate surface area is 127 Å². The highest BCUT2D eigenvalue weighted by molar-refractivity contribution is 7.71. The highest BCUT2D eigenvalue weighted by Gasteiger charge is 2.23. The molecule has 1 fully saturated rings. The molecule has 1 aromatic carbocycles. The van der Waals surface area contributed by atoms with Crippen molar-refractivity contribution in [2.45, 2.75) is 25.8 Å². The number of nitrogens with zero attached hydrogens (tertiary/aromatic N) is 2. The number of aromatic nitrogens is 2. The maximum Gasteiger partial charge on any atom is 0.178 e. The lowest BCUT2D eigenvalue weighted by molar-refractivity contribution is 0.186. The van der Waals surface area contributed by atoms with E-state index in [-0.39, 0.29) is 5.02 Å². The van der Waals surface area contributed by atoms with Gasteiger partial charge in [-0.3, -0.25) is 0 Å². The van der Waals surface area contributed by atoms with Gasteiger partial charge in [0, 0.05) is 18.7 Å². The lowest BCUT2D eigenvalue weighted by Crippen LogP contribution is -2.36. The molecule has 1 saturated heterocycles. The average molecular weight is 314 g/mol. The number of benzene rings is 1. The number of hydrogen-bond donors (Lipinski definition) is 1. The summed E-state index contributed by atoms with van der Waals surface area (Å²) in [7, 11) is 0. The van der Waals surface area contributed by atoms with E-state index in [2.05, 4.69) is 16.8 Å². The minimum absolute atomic E-state index is 0.125. The number of hydrogen-bond acceptors (Lipinski definition) is 2. The molecule has 1 aliphatic heterocycles. The first kappa shape index (κ1) is 14.0. The third kappa shape index (κ3) is 2.38. The second-order valence-electron chi connectivity index (χ2n) is 5.27. The lowest BCUT2D eigenvalue weighted by Gasteiger charge is -2.32. The van der Waals surface area contributed by atoms with Crippen LogP contribution in [0.1, 0.15) is 25.8 Å². The van der Waals surface area contributed by atoms with Gasteiger partial charge in [0.05, 0.1) is 16.1 Å². The molecule has 1 aromatic heterocycles. The van der Waals surface area contributed by atoms with E-state index in [1.807, 2.05) is 4.57 Å². The minimum Gasteiger partial charge on any atom is -0.331 e. The van der Waals surface area contributed by atoms with Gasteiger partial charge >= 0.3 is 0 Å². The number of nitrogens with one attached hydrogen (secondary N) is 1. The Bertz CT molecular complexity index is 694. The summed E-state index contributed by atoms with van der Waals surface area (Å²) in [5.74, 6) is -0.398. The van der Waals surface area contributed by atoms with E-state index in [9.17, 15) is 4.39 Å². The van der Waals surface area contributed by atoms with Gasteiger partial charge in [0.15, 0.2) is 4.77 Å². The maximum atomic E-state index is 13.7. The van der Waals surface area contributed by atoms with Crippen molar-refractivity contribution in [1.82, 2.24) is 14.5 Å². The summed E-state index contributed by atoms with van der Waals surface area (Å²) < 4.78 is 16.4. The molecule has 6 heteroatoms. The Morgan fingerprint density at radius 3 is 3.05 bits per heavy atom. The molecule has 1 N–H and O–H groups in total. The molecular formula is C14H17ClFN3S. The Kier molecular flexibility index (Phi) is 3.84. The number of fused-ring (bicyclic) bond motifs is 1. The maximum absolute atomic E-state index is 13.7. The van der Waals surface area contributed by atoms with Crippen LogP contribution in [-0.4, -0.2) is 34.1 Å². The zero-order chi connectivity index (χ0) is 14.3. The van der Waals surface area contributed by atoms with Crippen LogP contribution in [0.4, 0.5) is 4.39 Å². The Morgan fingerprint density at radius 2 is 2.30 bits per heavy atom. The third-order valence-electron chi connectivity index (χ3n) is 4.05. The fourth-order valence-electron chi connectivity index (χ4n) is 3.01. The van der Waals surface area contributed by atoms with E-state index in [1.54, 1.807) is 6.07 Å². The number of piperidine rings is 1. The number of halogens is 2. The first-order chi connectivity index (χ1) is 9.60. The summed E-state index contributed by atoms with van der Waals surface area (Å²) in [4.78, 5) is 5.54. The van der Waals surface area contributed by atoms with Gasteiger partial charge in [-0.15, -0.1) is 0 Å². The molecule has 0 bridgehead atoms. The summed E-state index contributed by atoms with van der Waals surface area (Å²) in [6.07, 6.45) is 2.21. The zero-order valence-corrected chi connectivity index (χ0v) is 12.9. The molecule has 0 aliphatic carbocycles. The van der Waals surface area contributed by atoms with Gasteiger partial charge in [0.1, 0.15) is 5.82 Å². The summed E-state index contributed by atoms with van der Waals surface area (Å²) in [5, 5.41) is 0.125. The summed E-state index contributed by atoms with van der Waals surface area (Å²) >= 11 is 11.3. The highest BCUT2D eigenvalue weighted by atomic mass is 35.5. The molecule has 0 amide bonds. The van der Waals surface area contributed by atoms with E-state index < -0.39 is 5.82 Å². The van der Waals surface area contributed by atoms with Crippen LogP contribution in [0.5, 0.6) is 0 Å². The molecule has 20 heavy (non-hydrogen) atoms. The Morgan fingerprint density at radius 1 is 1.50 bits per heavy atom. The van der Waals surface area contributed by atoms with Gasteiger partial charge in [-0.1, -0.05) is 18.5 Å². The topological polar surface area (TPSA) is 24.0 Å². The first-order valence-electron chi connectivity index (χ1n) is 6.91. The van der Waals surface area contributed by atoms with Crippen LogP contribution in [0.2, 0.25) is 5.02 Å². The van der Waals surface area contributed by atoms with E-state index in [0.717, 1.165) is 43.5 Å². The molecule has 1 atom stereocenters. The Hall–Kier alpha value is -0.910. The van der Waals surface area contributed by atoms with Gasteiger partial charge < -0.3 is 14.5 Å². The van der Waals surface area contributed by atoms with Gasteiger partial charge in [-0.05, 0) is 44.2 Å². The normalized spacial score (nSPS) is 20.6. The lowest BCUT2D eigenvalue weighted by atomic mass is 10.1. The second kappa shape index (κ2) is 5.47. The van der Waals surface area contributed by atoms with Gasteiger partial charge in [-0.25, -0.2) is 4.39 Å². The van der Waals surface area contributed by atoms with Crippen LogP contribution in [0.25, 0.3) is 11.0 Å². The molecule has 2 aromatic rings. The molecule has 0 radical (unpaired) electrons. The first-order valence-corrected chi connectivity index (χ1v) is 7.70. The van der Waals surface area contributed by atoms with Crippen LogP contribution >= 0.6 is 23.8 Å². The molecule has 1 unspecified atom stereocenters. The van der Waals surface area contributed by atoms with Crippen LogP contribution < -0.4 is 0 Å². The number of likely N-dealkylation sites (N-methyl/N-ethyl adjacent to an activating group) is 1. The summed E-state index contributed by atoms with van der Waals surface area (Å²) in [6, 6.07) is 3.39. The quantitative estimate of drug-likeness (QED) is 0.842. The number of likely N-dealkylation sites (tertiary alicyclic amines) is 1. The SMILES string of the molecule is CCN1CCCC(n2c(=S)[nH]c3cc(Cl)c(F)cc32)C1. The van der Waals surface area contributed by atoms with Crippen molar-refractivity contribution in [2.24, 2.45) is 0 Å². The summed E-state index contributed by atoms with van der Waals surface area (Å²) in [5.41, 5.74) is 1.61. The predicted octanol–water partition coefficient (Wildman–Crippen LogP) is 4.15. The molecule has 0 spiro atoms. The van der Waals surface area contributed by atoms with Crippen LogP contribution in [-0.2, 0) is 0 Å². The molecular weight excluding hydrogens is 297 g/mol. The number of imidazole rings is 1. The second-order valence-corrected chi connectivity index (χ2v) is 6.07. The van der Waals surface area contributed by atoms with Crippen molar-refractivity contribution >= 4 is 34.9 Å². The third-order valence-corrected chi connectivity index (χ3v) is 4.64. The molecule has 3 nitrogen and oxygen atoms in total. The average Bonchev–Trinajstić information content (AvgIpc) is 2.74. The van der Waals surface area contributed by atoms with Crippen molar-refractivity contribution < 1.29 is 4.39 Å². The van der Waals surface area contributed by atoms with Crippen LogP contribution in [0, 0.1) is 10.6 Å². The van der Waals surface area contributed by atoms with Crippen molar-refractivity contribution in [2.75, 3.05) is 19.6 Å². The number of rotatable bonds is 2. The zero-order valence-electron chi connectivity index (χ0n) is 11.3. The molecule has 108 valence electrons.